The molecule has 2 atom stereocenters. The van der Waals surface area contributed by atoms with Crippen molar-refractivity contribution < 1.29 is 19.1 Å². The zero-order chi connectivity index (χ0) is 12.3. The zero-order valence-electron chi connectivity index (χ0n) is 9.46. The Balaban J connectivity index is 2.20. The Labute approximate surface area is 98.7 Å². The van der Waals surface area contributed by atoms with Crippen LogP contribution in [0, 0.1) is 5.92 Å². The molecule has 5 nitrogen and oxygen atoms in total. The lowest BCUT2D eigenvalue weighted by Gasteiger charge is -2.15. The molecule has 0 aliphatic carbocycles. The van der Waals surface area contributed by atoms with E-state index in [4.69, 9.17) is 9.47 Å². The maximum absolute atomic E-state index is 11.7. The third-order valence-corrected chi connectivity index (χ3v) is 2.61. The Morgan fingerprint density at radius 1 is 1.65 bits per heavy atom. The first-order valence-corrected chi connectivity index (χ1v) is 5.48. The number of carbonyl (C=O) groups is 2. The highest BCUT2D eigenvalue weighted by Gasteiger charge is 2.41. The van der Waals surface area contributed by atoms with Crippen LogP contribution in [0.1, 0.15) is 25.0 Å². The molecule has 2 rings (SSSR count). The van der Waals surface area contributed by atoms with Crippen LogP contribution in [-0.4, -0.2) is 23.5 Å². The van der Waals surface area contributed by atoms with E-state index in [0.717, 1.165) is 5.56 Å². The second-order valence-electron chi connectivity index (χ2n) is 3.76. The molecule has 0 spiro atoms. The molecule has 1 fully saturated rings. The quantitative estimate of drug-likeness (QED) is 0.737. The highest BCUT2D eigenvalue weighted by atomic mass is 16.6. The van der Waals surface area contributed by atoms with Gasteiger partial charge in [0.05, 0.1) is 13.0 Å². The van der Waals surface area contributed by atoms with E-state index >= 15 is 0 Å². The van der Waals surface area contributed by atoms with E-state index < -0.39 is 18.0 Å². The number of nitrogens with zero attached hydrogens (tertiary/aromatic N) is 1. The molecule has 90 valence electrons. The number of rotatable bonds is 3. The van der Waals surface area contributed by atoms with E-state index in [1.165, 1.54) is 0 Å². The van der Waals surface area contributed by atoms with Gasteiger partial charge in [-0.05, 0) is 13.0 Å². The average molecular weight is 235 g/mol. The zero-order valence-corrected chi connectivity index (χ0v) is 9.46. The number of cyclic esters (lactones) is 1. The van der Waals surface area contributed by atoms with Crippen molar-refractivity contribution >= 4 is 11.9 Å². The second kappa shape index (κ2) is 4.95. The van der Waals surface area contributed by atoms with E-state index in [2.05, 4.69) is 4.98 Å². The number of pyridine rings is 1. The van der Waals surface area contributed by atoms with Crippen LogP contribution in [0.3, 0.4) is 0 Å². The van der Waals surface area contributed by atoms with Crippen LogP contribution in [0.2, 0.25) is 0 Å². The van der Waals surface area contributed by atoms with Gasteiger partial charge in [-0.1, -0.05) is 6.07 Å². The Kier molecular flexibility index (Phi) is 3.37. The first kappa shape index (κ1) is 11.6. The van der Waals surface area contributed by atoms with Gasteiger partial charge in [-0.25, -0.2) is 0 Å². The molecule has 0 N–H and O–H groups in total. The maximum Gasteiger partial charge on any atom is 0.313 e. The number of carbonyl (C=O) groups excluding carboxylic acids is 2. The van der Waals surface area contributed by atoms with Gasteiger partial charge in [-0.2, -0.15) is 0 Å². The topological polar surface area (TPSA) is 65.5 Å². The van der Waals surface area contributed by atoms with Gasteiger partial charge in [0.15, 0.2) is 0 Å². The standard InChI is InChI=1S/C12H13NO4/c1-2-16-12(15)9-6-10(14)17-11(9)8-4-3-5-13-7-8/h3-5,7,9,11H,2,6H2,1H3/t9-,11+/m0/s1. The third kappa shape index (κ3) is 2.43. The van der Waals surface area contributed by atoms with Crippen LogP contribution in [0.4, 0.5) is 0 Å². The van der Waals surface area contributed by atoms with Crippen LogP contribution < -0.4 is 0 Å². The third-order valence-electron chi connectivity index (χ3n) is 2.61. The Morgan fingerprint density at radius 3 is 3.12 bits per heavy atom. The summed E-state index contributed by atoms with van der Waals surface area (Å²) in [4.78, 5) is 26.9. The highest BCUT2D eigenvalue weighted by molar-refractivity contribution is 5.83. The largest absolute Gasteiger partial charge is 0.466 e. The fourth-order valence-corrected chi connectivity index (χ4v) is 1.86. The lowest BCUT2D eigenvalue weighted by Crippen LogP contribution is -2.21. The van der Waals surface area contributed by atoms with Gasteiger partial charge < -0.3 is 9.47 Å². The first-order valence-electron chi connectivity index (χ1n) is 5.48. The van der Waals surface area contributed by atoms with Crippen LogP contribution in [0.25, 0.3) is 0 Å². The molecule has 0 bridgehead atoms. The van der Waals surface area contributed by atoms with Crippen molar-refractivity contribution in [1.82, 2.24) is 4.98 Å². The van der Waals surface area contributed by atoms with Crippen LogP contribution in [-0.2, 0) is 19.1 Å². The lowest BCUT2D eigenvalue weighted by atomic mass is 9.96. The van der Waals surface area contributed by atoms with Gasteiger partial charge in [0.1, 0.15) is 12.0 Å². The molecule has 1 aliphatic rings. The molecule has 2 heterocycles. The van der Waals surface area contributed by atoms with Crippen LogP contribution in [0.5, 0.6) is 0 Å². The van der Waals surface area contributed by atoms with Crippen molar-refractivity contribution in [2.75, 3.05) is 6.61 Å². The number of hydrogen-bond acceptors (Lipinski definition) is 5. The van der Waals surface area contributed by atoms with E-state index in [1.807, 2.05) is 0 Å². The SMILES string of the molecule is CCOC(=O)[C@H]1CC(=O)O[C@@H]1c1cccnc1. The van der Waals surface area contributed by atoms with Crippen molar-refractivity contribution in [3.63, 3.8) is 0 Å². The van der Waals surface area contributed by atoms with Crippen molar-refractivity contribution in [3.05, 3.63) is 30.1 Å². The smallest absolute Gasteiger partial charge is 0.313 e. The summed E-state index contributed by atoms with van der Waals surface area (Å²) in [6.07, 6.45) is 2.71. The van der Waals surface area contributed by atoms with Crippen molar-refractivity contribution in [2.24, 2.45) is 5.92 Å². The Morgan fingerprint density at radius 2 is 2.47 bits per heavy atom. The van der Waals surface area contributed by atoms with Crippen molar-refractivity contribution in [2.45, 2.75) is 19.4 Å². The molecule has 0 aromatic carbocycles. The molecule has 1 aromatic heterocycles. The predicted octanol–water partition coefficient (Wildman–Crippen LogP) is 1.25. The Bertz CT molecular complexity index is 418. The second-order valence-corrected chi connectivity index (χ2v) is 3.76. The number of hydrogen-bond donors (Lipinski definition) is 0. The lowest BCUT2D eigenvalue weighted by molar-refractivity contribution is -0.150. The van der Waals surface area contributed by atoms with Gasteiger partial charge in [-0.3, -0.25) is 14.6 Å². The van der Waals surface area contributed by atoms with Gasteiger partial charge in [-0.15, -0.1) is 0 Å². The summed E-state index contributed by atoms with van der Waals surface area (Å²) < 4.78 is 10.1. The van der Waals surface area contributed by atoms with Gasteiger partial charge in [0.2, 0.25) is 0 Å². The van der Waals surface area contributed by atoms with Gasteiger partial charge in [0, 0.05) is 18.0 Å². The van der Waals surface area contributed by atoms with Crippen LogP contribution in [0.15, 0.2) is 24.5 Å². The van der Waals surface area contributed by atoms with Gasteiger partial charge in [0.25, 0.3) is 0 Å². The van der Waals surface area contributed by atoms with Crippen molar-refractivity contribution in [3.8, 4) is 0 Å². The minimum Gasteiger partial charge on any atom is -0.466 e. The van der Waals surface area contributed by atoms with E-state index in [9.17, 15) is 9.59 Å². The Hall–Kier alpha value is -1.91. The molecule has 0 radical (unpaired) electrons. The fourth-order valence-electron chi connectivity index (χ4n) is 1.86. The van der Waals surface area contributed by atoms with Crippen LogP contribution >= 0.6 is 0 Å². The minimum atomic E-state index is -0.574. The number of esters is 2. The molecule has 0 amide bonds. The summed E-state index contributed by atoms with van der Waals surface area (Å²) in [5, 5.41) is 0. The van der Waals surface area contributed by atoms with E-state index in [-0.39, 0.29) is 12.4 Å². The van der Waals surface area contributed by atoms with Gasteiger partial charge >= 0.3 is 11.9 Å². The molecular formula is C12H13NO4. The summed E-state index contributed by atoms with van der Waals surface area (Å²) in [6.45, 7) is 2.03. The normalized spacial score (nSPS) is 23.2. The summed E-state index contributed by atoms with van der Waals surface area (Å²) >= 11 is 0. The average Bonchev–Trinajstić information content (AvgIpc) is 2.73. The summed E-state index contributed by atoms with van der Waals surface area (Å²) in [7, 11) is 0. The highest BCUT2D eigenvalue weighted by Crippen LogP contribution is 2.35. The first-order chi connectivity index (χ1) is 8.22. The molecule has 0 unspecified atom stereocenters. The summed E-state index contributed by atoms with van der Waals surface area (Å²) in [5.74, 6) is -1.34. The number of ether oxygens (including phenoxy) is 2. The summed E-state index contributed by atoms with van der Waals surface area (Å²) in [5.41, 5.74) is 0.719. The minimum absolute atomic E-state index is 0.0679. The van der Waals surface area contributed by atoms with Crippen molar-refractivity contribution in [1.29, 1.82) is 0 Å². The van der Waals surface area contributed by atoms with E-state index in [0.29, 0.717) is 6.61 Å². The maximum atomic E-state index is 11.7. The predicted molar refractivity (Wildman–Crippen MR) is 57.8 cm³/mol. The fraction of sp³-hybridized carbons (Fsp3) is 0.417. The summed E-state index contributed by atoms with van der Waals surface area (Å²) in [6, 6.07) is 3.52. The molecule has 1 saturated heterocycles. The molecule has 17 heavy (non-hydrogen) atoms. The molecule has 1 aromatic rings. The van der Waals surface area contributed by atoms with E-state index in [1.54, 1.807) is 31.5 Å². The number of aromatic nitrogens is 1. The molecule has 5 heteroatoms. The monoisotopic (exact) mass is 235 g/mol. The molecular weight excluding hydrogens is 222 g/mol. The molecule has 0 saturated carbocycles. The molecule has 1 aliphatic heterocycles.